The van der Waals surface area contributed by atoms with Gasteiger partial charge >= 0.3 is 0 Å². The molecule has 0 radical (unpaired) electrons. The van der Waals surface area contributed by atoms with E-state index >= 15 is 0 Å². The van der Waals surface area contributed by atoms with E-state index in [4.69, 9.17) is 4.42 Å². The van der Waals surface area contributed by atoms with Crippen molar-refractivity contribution in [3.63, 3.8) is 0 Å². The Kier molecular flexibility index (Phi) is 5.25. The van der Waals surface area contributed by atoms with Gasteiger partial charge < -0.3 is 14.6 Å². The minimum absolute atomic E-state index is 0.0834. The number of carbonyl (C=O) groups excluding carboxylic acids is 1. The molecule has 3 heterocycles. The molecule has 1 aliphatic heterocycles. The highest BCUT2D eigenvalue weighted by Gasteiger charge is 2.16. The van der Waals surface area contributed by atoms with Crippen molar-refractivity contribution in [1.29, 1.82) is 0 Å². The molecule has 0 aliphatic carbocycles. The van der Waals surface area contributed by atoms with Gasteiger partial charge in [-0.15, -0.1) is 11.3 Å². The summed E-state index contributed by atoms with van der Waals surface area (Å²) < 4.78 is 5.72. The second kappa shape index (κ2) is 7.96. The number of hydrogen-bond acceptors (Lipinski definition) is 5. The van der Waals surface area contributed by atoms with Crippen molar-refractivity contribution in [2.75, 3.05) is 23.3 Å². The molecule has 3 aromatic rings. The fraction of sp³-hybridized carbons (Fsp3) is 0.333. The Morgan fingerprint density at radius 3 is 2.85 bits per heavy atom. The van der Waals surface area contributed by atoms with E-state index < -0.39 is 0 Å². The van der Waals surface area contributed by atoms with E-state index in [2.05, 4.69) is 27.3 Å². The molecule has 0 unspecified atom stereocenters. The fourth-order valence-corrected chi connectivity index (χ4v) is 4.04. The summed E-state index contributed by atoms with van der Waals surface area (Å²) in [6, 6.07) is 12.0. The fourth-order valence-electron chi connectivity index (χ4n) is 3.39. The monoisotopic (exact) mass is 381 g/mol. The summed E-state index contributed by atoms with van der Waals surface area (Å²) in [4.78, 5) is 20.4. The zero-order chi connectivity index (χ0) is 18.6. The molecule has 0 spiro atoms. The minimum atomic E-state index is -0.0834. The van der Waals surface area contributed by atoms with Crippen molar-refractivity contribution >= 4 is 28.6 Å². The van der Waals surface area contributed by atoms with E-state index in [1.807, 2.05) is 36.6 Å². The summed E-state index contributed by atoms with van der Waals surface area (Å²) in [5.74, 6) is 1.19. The van der Waals surface area contributed by atoms with Crippen LogP contribution in [0.25, 0.3) is 10.8 Å². The lowest BCUT2D eigenvalue weighted by atomic mass is 10.1. The standard InChI is InChI=1S/C21H23N3O2S/c1-15-18(23-21(26-15)19-9-6-12-27-19)14-20(25)22-16-7-5-8-17(13-16)24-10-3-2-4-11-24/h5-9,12-13H,2-4,10-11,14H2,1H3,(H,22,25). The molecule has 5 nitrogen and oxygen atoms in total. The van der Waals surface area contributed by atoms with Crippen molar-refractivity contribution in [3.05, 3.63) is 53.2 Å². The van der Waals surface area contributed by atoms with Gasteiger partial charge in [0.1, 0.15) is 5.76 Å². The van der Waals surface area contributed by atoms with Crippen molar-refractivity contribution in [3.8, 4) is 10.8 Å². The number of oxazole rings is 1. The Morgan fingerprint density at radius 2 is 2.07 bits per heavy atom. The molecule has 1 saturated heterocycles. The molecule has 4 rings (SSSR count). The van der Waals surface area contributed by atoms with Crippen LogP contribution in [0, 0.1) is 6.92 Å². The molecule has 27 heavy (non-hydrogen) atoms. The molecule has 1 aromatic carbocycles. The van der Waals surface area contributed by atoms with Gasteiger partial charge in [0.25, 0.3) is 0 Å². The van der Waals surface area contributed by atoms with E-state index in [1.54, 1.807) is 11.3 Å². The minimum Gasteiger partial charge on any atom is -0.440 e. The highest BCUT2D eigenvalue weighted by molar-refractivity contribution is 7.13. The Labute approximate surface area is 163 Å². The summed E-state index contributed by atoms with van der Waals surface area (Å²) in [6.07, 6.45) is 3.97. The molecule has 6 heteroatoms. The average Bonchev–Trinajstić information content (AvgIpc) is 3.33. The lowest BCUT2D eigenvalue weighted by Crippen LogP contribution is -2.29. The molecular formula is C21H23N3O2S. The van der Waals surface area contributed by atoms with Gasteiger partial charge in [-0.25, -0.2) is 4.98 Å². The van der Waals surface area contributed by atoms with Crippen molar-refractivity contribution in [2.45, 2.75) is 32.6 Å². The van der Waals surface area contributed by atoms with E-state index in [1.165, 1.54) is 24.9 Å². The summed E-state index contributed by atoms with van der Waals surface area (Å²) in [7, 11) is 0. The van der Waals surface area contributed by atoms with E-state index in [0.717, 1.165) is 23.7 Å². The van der Waals surface area contributed by atoms with E-state index in [9.17, 15) is 4.79 Å². The summed E-state index contributed by atoms with van der Waals surface area (Å²) in [6.45, 7) is 4.02. The lowest BCUT2D eigenvalue weighted by molar-refractivity contribution is -0.115. The number of rotatable bonds is 5. The van der Waals surface area contributed by atoms with Crippen LogP contribution in [0.3, 0.4) is 0 Å². The van der Waals surface area contributed by atoms with Crippen LogP contribution < -0.4 is 10.2 Å². The number of nitrogens with one attached hydrogen (secondary N) is 1. The zero-order valence-electron chi connectivity index (χ0n) is 15.4. The van der Waals surface area contributed by atoms with Crippen LogP contribution in [-0.2, 0) is 11.2 Å². The quantitative estimate of drug-likeness (QED) is 0.684. The average molecular weight is 382 g/mol. The second-order valence-corrected chi connectivity index (χ2v) is 7.77. The van der Waals surface area contributed by atoms with Crippen LogP contribution >= 0.6 is 11.3 Å². The largest absolute Gasteiger partial charge is 0.440 e. The summed E-state index contributed by atoms with van der Waals surface area (Å²) in [5, 5.41) is 4.98. The Morgan fingerprint density at radius 1 is 1.22 bits per heavy atom. The SMILES string of the molecule is Cc1oc(-c2cccs2)nc1CC(=O)Nc1cccc(N2CCCCC2)c1. The maximum atomic E-state index is 12.5. The number of aromatic nitrogens is 1. The van der Waals surface area contributed by atoms with Crippen LogP contribution in [-0.4, -0.2) is 24.0 Å². The highest BCUT2D eigenvalue weighted by atomic mass is 32.1. The molecule has 1 amide bonds. The van der Waals surface area contributed by atoms with Gasteiger partial charge in [-0.2, -0.15) is 0 Å². The topological polar surface area (TPSA) is 58.4 Å². The van der Waals surface area contributed by atoms with Gasteiger partial charge in [0.15, 0.2) is 0 Å². The first-order valence-corrected chi connectivity index (χ1v) is 10.2. The van der Waals surface area contributed by atoms with Crippen molar-refractivity contribution < 1.29 is 9.21 Å². The molecule has 1 aliphatic rings. The normalized spacial score (nSPS) is 14.3. The summed E-state index contributed by atoms with van der Waals surface area (Å²) in [5.41, 5.74) is 2.68. The zero-order valence-corrected chi connectivity index (χ0v) is 16.2. The number of thiophene rings is 1. The number of nitrogens with zero attached hydrogens (tertiary/aromatic N) is 2. The number of hydrogen-bond donors (Lipinski definition) is 1. The molecular weight excluding hydrogens is 358 g/mol. The molecule has 140 valence electrons. The second-order valence-electron chi connectivity index (χ2n) is 6.82. The van der Waals surface area contributed by atoms with Crippen LogP contribution in [0.1, 0.15) is 30.7 Å². The first-order chi connectivity index (χ1) is 13.2. The molecule has 0 saturated carbocycles. The number of anilines is 2. The number of aryl methyl sites for hydroxylation is 1. The van der Waals surface area contributed by atoms with Crippen LogP contribution in [0.15, 0.2) is 46.2 Å². The van der Waals surface area contributed by atoms with Crippen molar-refractivity contribution in [2.24, 2.45) is 0 Å². The molecule has 0 bridgehead atoms. The molecule has 1 N–H and O–H groups in total. The Bertz CT molecular complexity index is 911. The number of carbonyl (C=O) groups is 1. The third-order valence-electron chi connectivity index (χ3n) is 4.80. The maximum Gasteiger partial charge on any atom is 0.236 e. The van der Waals surface area contributed by atoms with Gasteiger partial charge in [0.05, 0.1) is 17.0 Å². The highest BCUT2D eigenvalue weighted by Crippen LogP contribution is 2.27. The number of amides is 1. The Hall–Kier alpha value is -2.60. The predicted octanol–water partition coefficient (Wildman–Crippen LogP) is 4.88. The van der Waals surface area contributed by atoms with Gasteiger partial charge in [-0.1, -0.05) is 12.1 Å². The van der Waals surface area contributed by atoms with Crippen LogP contribution in [0.2, 0.25) is 0 Å². The van der Waals surface area contributed by atoms with E-state index in [0.29, 0.717) is 17.3 Å². The van der Waals surface area contributed by atoms with E-state index in [-0.39, 0.29) is 12.3 Å². The van der Waals surface area contributed by atoms with Gasteiger partial charge in [0.2, 0.25) is 11.8 Å². The third-order valence-corrected chi connectivity index (χ3v) is 5.66. The summed E-state index contributed by atoms with van der Waals surface area (Å²) >= 11 is 1.57. The van der Waals surface area contributed by atoms with Gasteiger partial charge in [0, 0.05) is 24.5 Å². The smallest absolute Gasteiger partial charge is 0.236 e. The Balaban J connectivity index is 1.42. The van der Waals surface area contributed by atoms with Gasteiger partial charge in [-0.3, -0.25) is 4.79 Å². The van der Waals surface area contributed by atoms with Crippen molar-refractivity contribution in [1.82, 2.24) is 4.98 Å². The third kappa shape index (κ3) is 4.22. The lowest BCUT2D eigenvalue weighted by Gasteiger charge is -2.29. The first kappa shape index (κ1) is 17.8. The first-order valence-electron chi connectivity index (χ1n) is 9.34. The maximum absolute atomic E-state index is 12.5. The molecule has 1 fully saturated rings. The number of benzene rings is 1. The van der Waals surface area contributed by atoms with Crippen LogP contribution in [0.5, 0.6) is 0 Å². The molecule has 2 aromatic heterocycles. The molecule has 0 atom stereocenters. The number of piperidine rings is 1. The van der Waals surface area contributed by atoms with Crippen LogP contribution in [0.4, 0.5) is 11.4 Å². The van der Waals surface area contributed by atoms with Gasteiger partial charge in [-0.05, 0) is 55.8 Å². The predicted molar refractivity (Wildman–Crippen MR) is 109 cm³/mol.